The van der Waals surface area contributed by atoms with E-state index in [1.54, 1.807) is 6.08 Å². The topological polar surface area (TPSA) is 42.2 Å². The number of rotatable bonds is 2. The van der Waals surface area contributed by atoms with Crippen molar-refractivity contribution in [2.45, 2.75) is 20.8 Å². The van der Waals surface area contributed by atoms with Gasteiger partial charge in [0, 0.05) is 24.2 Å². The maximum Gasteiger partial charge on any atom is 0.328 e. The summed E-state index contributed by atoms with van der Waals surface area (Å²) < 4.78 is 2.06. The average Bonchev–Trinajstić information content (AvgIpc) is 2.54. The number of aryl methyl sites for hydroxylation is 4. The molecular weight excluding hydrogens is 226 g/mol. The van der Waals surface area contributed by atoms with Gasteiger partial charge < -0.3 is 9.67 Å². The molecule has 2 aromatic rings. The monoisotopic (exact) mass is 243 g/mol. The summed E-state index contributed by atoms with van der Waals surface area (Å²) in [5.74, 6) is -0.924. The van der Waals surface area contributed by atoms with Gasteiger partial charge >= 0.3 is 5.97 Å². The van der Waals surface area contributed by atoms with Crippen molar-refractivity contribution < 1.29 is 9.90 Å². The molecule has 0 unspecified atom stereocenters. The summed E-state index contributed by atoms with van der Waals surface area (Å²) in [6.45, 7) is 6.21. The summed E-state index contributed by atoms with van der Waals surface area (Å²) >= 11 is 0. The lowest BCUT2D eigenvalue weighted by molar-refractivity contribution is -0.131. The Kier molecular flexibility index (Phi) is 2.99. The number of aliphatic carboxylic acids is 1. The van der Waals surface area contributed by atoms with Gasteiger partial charge in [-0.2, -0.15) is 0 Å². The second-order valence-corrected chi connectivity index (χ2v) is 4.64. The highest BCUT2D eigenvalue weighted by Crippen LogP contribution is 2.29. The van der Waals surface area contributed by atoms with Crippen LogP contribution in [0.4, 0.5) is 0 Å². The van der Waals surface area contributed by atoms with Crippen molar-refractivity contribution in [2.24, 2.45) is 7.05 Å². The van der Waals surface area contributed by atoms with E-state index in [2.05, 4.69) is 30.5 Å². The maximum atomic E-state index is 10.6. The molecule has 0 aliphatic heterocycles. The molecule has 1 aromatic heterocycles. The van der Waals surface area contributed by atoms with Crippen molar-refractivity contribution in [3.8, 4) is 0 Å². The molecule has 0 aliphatic carbocycles. The van der Waals surface area contributed by atoms with Crippen LogP contribution in [0.15, 0.2) is 18.2 Å². The molecular formula is C15H17NO2. The van der Waals surface area contributed by atoms with Gasteiger partial charge in [0.05, 0.1) is 5.52 Å². The molecule has 1 N–H and O–H groups in total. The van der Waals surface area contributed by atoms with E-state index in [0.717, 1.165) is 11.3 Å². The Hall–Kier alpha value is -2.03. The van der Waals surface area contributed by atoms with E-state index in [-0.39, 0.29) is 0 Å². The van der Waals surface area contributed by atoms with Gasteiger partial charge in [0.2, 0.25) is 0 Å². The third kappa shape index (κ3) is 1.82. The number of carbonyl (C=O) groups is 1. The zero-order valence-electron chi connectivity index (χ0n) is 11.1. The van der Waals surface area contributed by atoms with E-state index in [0.29, 0.717) is 0 Å². The Bertz CT molecular complexity index is 663. The molecule has 18 heavy (non-hydrogen) atoms. The predicted octanol–water partition coefficient (Wildman–Crippen LogP) is 3.20. The van der Waals surface area contributed by atoms with E-state index in [9.17, 15) is 4.79 Å². The number of fused-ring (bicyclic) bond motifs is 1. The molecule has 3 heteroatoms. The Morgan fingerprint density at radius 3 is 2.50 bits per heavy atom. The summed E-state index contributed by atoms with van der Waals surface area (Å²) in [5, 5.41) is 9.92. The first-order valence-electron chi connectivity index (χ1n) is 5.89. The maximum absolute atomic E-state index is 10.6. The molecule has 0 bridgehead atoms. The summed E-state index contributed by atoms with van der Waals surface area (Å²) in [6, 6.07) is 4.21. The van der Waals surface area contributed by atoms with E-state index in [4.69, 9.17) is 5.11 Å². The molecule has 3 nitrogen and oxygen atoms in total. The van der Waals surface area contributed by atoms with Crippen LogP contribution in [0.1, 0.15) is 22.4 Å². The first-order valence-corrected chi connectivity index (χ1v) is 5.89. The number of nitrogens with zero attached hydrogens (tertiary/aromatic N) is 1. The highest BCUT2D eigenvalue weighted by atomic mass is 16.4. The molecule has 0 atom stereocenters. The van der Waals surface area contributed by atoms with Gasteiger partial charge in [0.25, 0.3) is 0 Å². The molecule has 0 amide bonds. The first kappa shape index (κ1) is 12.4. The van der Waals surface area contributed by atoms with Gasteiger partial charge in [-0.3, -0.25) is 0 Å². The molecule has 0 fully saturated rings. The number of carboxylic acids is 1. The Labute approximate surface area is 106 Å². The van der Waals surface area contributed by atoms with Crippen LogP contribution in [-0.4, -0.2) is 15.6 Å². The van der Waals surface area contributed by atoms with Crippen LogP contribution in [-0.2, 0) is 11.8 Å². The standard InChI is InChI=1S/C15H17NO2/c1-9-5-6-12-11(3)13(7-8-14(17)18)16(4)15(12)10(9)2/h5-8H,1-4H3,(H,17,18)/b8-7+. The zero-order valence-corrected chi connectivity index (χ0v) is 11.1. The van der Waals surface area contributed by atoms with Crippen LogP contribution in [0.25, 0.3) is 17.0 Å². The lowest BCUT2D eigenvalue weighted by Crippen LogP contribution is -1.95. The van der Waals surface area contributed by atoms with Crippen molar-refractivity contribution in [3.05, 3.63) is 40.6 Å². The van der Waals surface area contributed by atoms with Gasteiger partial charge in [-0.25, -0.2) is 4.79 Å². The first-order chi connectivity index (χ1) is 8.43. The molecule has 0 spiro atoms. The van der Waals surface area contributed by atoms with Gasteiger partial charge in [0.1, 0.15) is 0 Å². The average molecular weight is 243 g/mol. The molecule has 0 aliphatic rings. The van der Waals surface area contributed by atoms with Crippen molar-refractivity contribution in [3.63, 3.8) is 0 Å². The van der Waals surface area contributed by atoms with Crippen LogP contribution >= 0.6 is 0 Å². The minimum atomic E-state index is -0.924. The molecule has 0 radical (unpaired) electrons. The van der Waals surface area contributed by atoms with Crippen molar-refractivity contribution >= 4 is 22.9 Å². The number of hydrogen-bond donors (Lipinski definition) is 1. The SMILES string of the molecule is Cc1ccc2c(C)c(/C=C/C(=O)O)n(C)c2c1C. The van der Waals surface area contributed by atoms with Crippen LogP contribution in [0.2, 0.25) is 0 Å². The molecule has 0 saturated heterocycles. The third-order valence-electron chi connectivity index (χ3n) is 3.57. The number of hydrogen-bond acceptors (Lipinski definition) is 1. The number of carboxylic acid groups (broad SMARTS) is 1. The summed E-state index contributed by atoms with van der Waals surface area (Å²) in [5.41, 5.74) is 5.73. The van der Waals surface area contributed by atoms with Gasteiger partial charge in [-0.15, -0.1) is 0 Å². The minimum absolute atomic E-state index is 0.924. The fourth-order valence-corrected chi connectivity index (χ4v) is 2.43. The second kappa shape index (κ2) is 4.33. The summed E-state index contributed by atoms with van der Waals surface area (Å²) in [4.78, 5) is 10.6. The van der Waals surface area contributed by atoms with E-state index in [1.165, 1.54) is 28.1 Å². The van der Waals surface area contributed by atoms with Crippen LogP contribution in [0.3, 0.4) is 0 Å². The number of aromatic nitrogens is 1. The van der Waals surface area contributed by atoms with Crippen LogP contribution < -0.4 is 0 Å². The lowest BCUT2D eigenvalue weighted by atomic mass is 10.0. The quantitative estimate of drug-likeness (QED) is 0.823. The van der Waals surface area contributed by atoms with Crippen molar-refractivity contribution in [1.82, 2.24) is 4.57 Å². The summed E-state index contributed by atoms with van der Waals surface area (Å²) in [6.07, 6.45) is 2.84. The molecule has 0 saturated carbocycles. The van der Waals surface area contributed by atoms with Crippen LogP contribution in [0, 0.1) is 20.8 Å². The number of benzene rings is 1. The Morgan fingerprint density at radius 1 is 1.22 bits per heavy atom. The second-order valence-electron chi connectivity index (χ2n) is 4.64. The minimum Gasteiger partial charge on any atom is -0.478 e. The van der Waals surface area contributed by atoms with E-state index < -0.39 is 5.97 Å². The summed E-state index contributed by atoms with van der Waals surface area (Å²) in [7, 11) is 1.98. The van der Waals surface area contributed by atoms with Gasteiger partial charge in [0.15, 0.2) is 0 Å². The molecule has 94 valence electrons. The largest absolute Gasteiger partial charge is 0.478 e. The zero-order chi connectivity index (χ0) is 13.4. The molecule has 2 rings (SSSR count). The fraction of sp³-hybridized carbons (Fsp3) is 0.267. The van der Waals surface area contributed by atoms with Gasteiger partial charge in [-0.05, 0) is 43.5 Å². The Balaban J connectivity index is 2.77. The molecule has 1 aromatic carbocycles. The Morgan fingerprint density at radius 2 is 1.89 bits per heavy atom. The highest BCUT2D eigenvalue weighted by molar-refractivity contribution is 5.93. The molecule has 1 heterocycles. The normalized spacial score (nSPS) is 11.6. The highest BCUT2D eigenvalue weighted by Gasteiger charge is 2.12. The fourth-order valence-electron chi connectivity index (χ4n) is 2.43. The van der Waals surface area contributed by atoms with Crippen LogP contribution in [0.5, 0.6) is 0 Å². The lowest BCUT2D eigenvalue weighted by Gasteiger charge is -2.05. The van der Waals surface area contributed by atoms with E-state index >= 15 is 0 Å². The predicted molar refractivity (Wildman–Crippen MR) is 73.8 cm³/mol. The van der Waals surface area contributed by atoms with Crippen molar-refractivity contribution in [1.29, 1.82) is 0 Å². The van der Waals surface area contributed by atoms with E-state index in [1.807, 2.05) is 14.0 Å². The smallest absolute Gasteiger partial charge is 0.328 e. The third-order valence-corrected chi connectivity index (χ3v) is 3.57. The van der Waals surface area contributed by atoms with Gasteiger partial charge in [-0.1, -0.05) is 12.1 Å². The van der Waals surface area contributed by atoms with Crippen molar-refractivity contribution in [2.75, 3.05) is 0 Å².